The summed E-state index contributed by atoms with van der Waals surface area (Å²) in [7, 11) is 1.91. The lowest BCUT2D eigenvalue weighted by atomic mass is 10.1. The number of aryl methyl sites for hydroxylation is 2. The Morgan fingerprint density at radius 1 is 1.24 bits per heavy atom. The van der Waals surface area contributed by atoms with Crippen LogP contribution in [0, 0.1) is 6.92 Å². The first-order valence-electron chi connectivity index (χ1n) is 6.90. The van der Waals surface area contributed by atoms with Crippen LogP contribution in [0.3, 0.4) is 0 Å². The number of nitrogens with one attached hydrogen (secondary N) is 1. The normalized spacial score (nSPS) is 10.8. The van der Waals surface area contributed by atoms with Gasteiger partial charge in [-0.1, -0.05) is 18.2 Å². The van der Waals surface area contributed by atoms with Crippen molar-refractivity contribution in [2.75, 3.05) is 0 Å². The predicted molar refractivity (Wildman–Crippen MR) is 83.1 cm³/mol. The maximum atomic E-state index is 12.4. The van der Waals surface area contributed by atoms with E-state index in [1.54, 1.807) is 6.20 Å². The molecule has 3 aromatic rings. The van der Waals surface area contributed by atoms with E-state index in [9.17, 15) is 4.79 Å². The number of carbonyl (C=O) groups is 1. The molecule has 2 aromatic heterocycles. The highest BCUT2D eigenvalue weighted by Crippen LogP contribution is 2.22. The molecule has 0 aliphatic rings. The van der Waals surface area contributed by atoms with Crippen LogP contribution in [-0.2, 0) is 13.6 Å². The molecule has 2 heterocycles. The number of fused-ring (bicyclic) bond motifs is 1. The average molecular weight is 279 g/mol. The van der Waals surface area contributed by atoms with E-state index in [1.807, 2.05) is 48.0 Å². The molecule has 0 bridgehead atoms. The van der Waals surface area contributed by atoms with Gasteiger partial charge >= 0.3 is 0 Å². The summed E-state index contributed by atoms with van der Waals surface area (Å²) in [5.41, 5.74) is 3.75. The zero-order valence-electron chi connectivity index (χ0n) is 12.1. The third-order valence-corrected chi connectivity index (χ3v) is 3.69. The van der Waals surface area contributed by atoms with Crippen LogP contribution >= 0.6 is 0 Å². The molecule has 21 heavy (non-hydrogen) atoms. The van der Waals surface area contributed by atoms with Crippen molar-refractivity contribution in [2.24, 2.45) is 7.05 Å². The first kappa shape index (κ1) is 13.4. The number of hydrogen-bond acceptors (Lipinski definition) is 2. The number of benzene rings is 1. The molecule has 0 spiro atoms. The summed E-state index contributed by atoms with van der Waals surface area (Å²) in [6, 6.07) is 13.7. The molecule has 0 unspecified atom stereocenters. The summed E-state index contributed by atoms with van der Waals surface area (Å²) in [5, 5.41) is 4.03. The second-order valence-electron chi connectivity index (χ2n) is 5.10. The highest BCUT2D eigenvalue weighted by Gasteiger charge is 2.13. The van der Waals surface area contributed by atoms with Crippen molar-refractivity contribution < 1.29 is 4.79 Å². The van der Waals surface area contributed by atoms with E-state index in [-0.39, 0.29) is 5.91 Å². The van der Waals surface area contributed by atoms with E-state index in [1.165, 1.54) is 5.56 Å². The summed E-state index contributed by atoms with van der Waals surface area (Å²) in [4.78, 5) is 16.6. The van der Waals surface area contributed by atoms with Gasteiger partial charge in [-0.2, -0.15) is 0 Å². The van der Waals surface area contributed by atoms with Crippen LogP contribution in [-0.4, -0.2) is 15.5 Å². The lowest BCUT2D eigenvalue weighted by Crippen LogP contribution is -2.25. The van der Waals surface area contributed by atoms with E-state index in [2.05, 4.69) is 23.3 Å². The van der Waals surface area contributed by atoms with Crippen LogP contribution in [0.5, 0.6) is 0 Å². The minimum atomic E-state index is -0.0845. The molecular formula is C17H17N3O. The van der Waals surface area contributed by atoms with Gasteiger partial charge in [0.2, 0.25) is 0 Å². The van der Waals surface area contributed by atoms with Gasteiger partial charge in [-0.25, -0.2) is 0 Å². The number of carbonyl (C=O) groups excluding carboxylic acids is 1. The molecule has 1 N–H and O–H groups in total. The summed E-state index contributed by atoms with van der Waals surface area (Å²) in [5.74, 6) is -0.0845. The molecule has 0 fully saturated rings. The molecule has 0 saturated carbocycles. The highest BCUT2D eigenvalue weighted by atomic mass is 16.1. The van der Waals surface area contributed by atoms with Crippen LogP contribution in [0.1, 0.15) is 21.7 Å². The van der Waals surface area contributed by atoms with Crippen LogP contribution in [0.4, 0.5) is 0 Å². The molecule has 106 valence electrons. The molecule has 3 rings (SSSR count). The number of aromatic nitrogens is 2. The Morgan fingerprint density at radius 2 is 2.10 bits per heavy atom. The first-order valence-corrected chi connectivity index (χ1v) is 6.90. The summed E-state index contributed by atoms with van der Waals surface area (Å²) in [6.07, 6.45) is 1.72. The zero-order valence-corrected chi connectivity index (χ0v) is 12.1. The fourth-order valence-corrected chi connectivity index (χ4v) is 2.49. The molecular weight excluding hydrogens is 262 g/mol. The van der Waals surface area contributed by atoms with Crippen molar-refractivity contribution in [3.63, 3.8) is 0 Å². The van der Waals surface area contributed by atoms with Crippen LogP contribution < -0.4 is 5.32 Å². The third kappa shape index (κ3) is 2.52. The van der Waals surface area contributed by atoms with Gasteiger partial charge in [-0.05, 0) is 36.8 Å². The van der Waals surface area contributed by atoms with E-state index in [4.69, 9.17) is 0 Å². The van der Waals surface area contributed by atoms with Gasteiger partial charge in [0.1, 0.15) is 5.69 Å². The van der Waals surface area contributed by atoms with Crippen LogP contribution in [0.15, 0.2) is 48.7 Å². The summed E-state index contributed by atoms with van der Waals surface area (Å²) >= 11 is 0. The highest BCUT2D eigenvalue weighted by molar-refractivity contribution is 5.99. The quantitative estimate of drug-likeness (QED) is 0.801. The minimum Gasteiger partial charge on any atom is -0.345 e. The Morgan fingerprint density at radius 3 is 2.81 bits per heavy atom. The van der Waals surface area contributed by atoms with Crippen molar-refractivity contribution in [3.8, 4) is 0 Å². The number of rotatable bonds is 3. The molecule has 1 amide bonds. The molecule has 4 heteroatoms. The van der Waals surface area contributed by atoms with E-state index in [0.717, 1.165) is 16.6 Å². The van der Waals surface area contributed by atoms with Crippen molar-refractivity contribution in [3.05, 3.63) is 65.6 Å². The zero-order chi connectivity index (χ0) is 14.8. The number of hydrogen-bond donors (Lipinski definition) is 1. The topological polar surface area (TPSA) is 46.9 Å². The van der Waals surface area contributed by atoms with Crippen molar-refractivity contribution in [1.29, 1.82) is 0 Å². The Balaban J connectivity index is 1.85. The molecule has 0 radical (unpaired) electrons. The smallest absolute Gasteiger partial charge is 0.268 e. The van der Waals surface area contributed by atoms with Gasteiger partial charge in [0.15, 0.2) is 0 Å². The molecule has 0 aliphatic heterocycles. The van der Waals surface area contributed by atoms with Crippen molar-refractivity contribution in [1.82, 2.24) is 14.9 Å². The van der Waals surface area contributed by atoms with Crippen molar-refractivity contribution >= 4 is 16.8 Å². The largest absolute Gasteiger partial charge is 0.345 e. The second-order valence-corrected chi connectivity index (χ2v) is 5.10. The van der Waals surface area contributed by atoms with Gasteiger partial charge in [0, 0.05) is 24.1 Å². The molecule has 4 nitrogen and oxygen atoms in total. The Labute approximate surface area is 123 Å². The standard InChI is InChI=1S/C17H17N3O/c1-12-6-5-8-15-14(12)10-16(20(15)2)17(21)19-11-13-7-3-4-9-18-13/h3-10H,11H2,1-2H3,(H,19,21). The SMILES string of the molecule is Cc1cccc2c1cc(C(=O)NCc1ccccn1)n2C. The van der Waals surface area contributed by atoms with Gasteiger partial charge in [0.25, 0.3) is 5.91 Å². The maximum Gasteiger partial charge on any atom is 0.268 e. The predicted octanol–water partition coefficient (Wildman–Crippen LogP) is 2.81. The number of pyridine rings is 1. The fraction of sp³-hybridized carbons (Fsp3) is 0.176. The maximum absolute atomic E-state index is 12.4. The number of nitrogens with zero attached hydrogens (tertiary/aromatic N) is 2. The fourth-order valence-electron chi connectivity index (χ4n) is 2.49. The first-order chi connectivity index (χ1) is 10.2. The Bertz CT molecular complexity index is 790. The van der Waals surface area contributed by atoms with E-state index < -0.39 is 0 Å². The minimum absolute atomic E-state index is 0.0845. The monoisotopic (exact) mass is 279 g/mol. The van der Waals surface area contributed by atoms with Gasteiger partial charge in [-0.3, -0.25) is 9.78 Å². The van der Waals surface area contributed by atoms with Crippen LogP contribution in [0.25, 0.3) is 10.9 Å². The second kappa shape index (κ2) is 5.40. The third-order valence-electron chi connectivity index (χ3n) is 3.69. The lowest BCUT2D eigenvalue weighted by Gasteiger charge is -2.06. The van der Waals surface area contributed by atoms with Gasteiger partial charge in [-0.15, -0.1) is 0 Å². The molecule has 1 aromatic carbocycles. The molecule has 0 atom stereocenters. The van der Waals surface area contributed by atoms with Crippen molar-refractivity contribution in [2.45, 2.75) is 13.5 Å². The molecule has 0 saturated heterocycles. The Hall–Kier alpha value is -2.62. The summed E-state index contributed by atoms with van der Waals surface area (Å²) in [6.45, 7) is 2.48. The van der Waals surface area contributed by atoms with Crippen LogP contribution in [0.2, 0.25) is 0 Å². The Kier molecular flexibility index (Phi) is 3.44. The lowest BCUT2D eigenvalue weighted by molar-refractivity contribution is 0.0942. The van der Waals surface area contributed by atoms with E-state index in [0.29, 0.717) is 12.2 Å². The van der Waals surface area contributed by atoms with E-state index >= 15 is 0 Å². The van der Waals surface area contributed by atoms with Gasteiger partial charge < -0.3 is 9.88 Å². The number of amides is 1. The summed E-state index contributed by atoms with van der Waals surface area (Å²) < 4.78 is 1.93. The average Bonchev–Trinajstić information content (AvgIpc) is 2.85. The van der Waals surface area contributed by atoms with Gasteiger partial charge in [0.05, 0.1) is 12.2 Å². The molecule has 0 aliphatic carbocycles.